The lowest BCUT2D eigenvalue weighted by Gasteiger charge is -2.20. The molecular weight excluding hydrogens is 348 g/mol. The van der Waals surface area contributed by atoms with Crippen molar-refractivity contribution in [1.82, 2.24) is 20.0 Å². The fourth-order valence-electron chi connectivity index (χ4n) is 4.16. The van der Waals surface area contributed by atoms with E-state index in [9.17, 15) is 4.79 Å². The quantitative estimate of drug-likeness (QED) is 0.898. The number of halogens is 1. The molecule has 2 aliphatic rings. The largest absolute Gasteiger partial charge is 0.339 e. The lowest BCUT2D eigenvalue weighted by Crippen LogP contribution is -2.33. The van der Waals surface area contributed by atoms with Crippen LogP contribution in [0.15, 0.2) is 36.5 Å². The second kappa shape index (κ2) is 8.23. The van der Waals surface area contributed by atoms with Crippen molar-refractivity contribution < 1.29 is 4.79 Å². The number of aromatic nitrogens is 2. The molecule has 1 aromatic heterocycles. The SMILES string of the molecule is Cc1c(C(=O)N2CC[C@@H]3CNC[C@@H]3CC2)cnn1Cc1ccccc1.Cl. The molecule has 2 saturated heterocycles. The molecule has 0 aliphatic carbocycles. The van der Waals surface area contributed by atoms with Gasteiger partial charge in [-0.2, -0.15) is 5.10 Å². The molecule has 140 valence electrons. The molecule has 6 heteroatoms. The summed E-state index contributed by atoms with van der Waals surface area (Å²) in [5.74, 6) is 1.61. The molecule has 1 N–H and O–H groups in total. The summed E-state index contributed by atoms with van der Waals surface area (Å²) in [6.07, 6.45) is 3.97. The van der Waals surface area contributed by atoms with Crippen LogP contribution in [-0.2, 0) is 6.54 Å². The number of carbonyl (C=O) groups excluding carboxylic acids is 1. The average molecular weight is 375 g/mol. The van der Waals surface area contributed by atoms with Crippen LogP contribution in [0.4, 0.5) is 0 Å². The van der Waals surface area contributed by atoms with Gasteiger partial charge in [0.05, 0.1) is 18.3 Å². The summed E-state index contributed by atoms with van der Waals surface area (Å²) in [5, 5.41) is 7.95. The highest BCUT2D eigenvalue weighted by molar-refractivity contribution is 5.95. The number of rotatable bonds is 3. The Morgan fingerprint density at radius 3 is 2.46 bits per heavy atom. The molecule has 0 saturated carbocycles. The fourth-order valence-corrected chi connectivity index (χ4v) is 4.16. The van der Waals surface area contributed by atoms with Gasteiger partial charge in [0.15, 0.2) is 0 Å². The minimum absolute atomic E-state index is 0. The zero-order valence-electron chi connectivity index (χ0n) is 15.2. The summed E-state index contributed by atoms with van der Waals surface area (Å²) in [4.78, 5) is 15.1. The van der Waals surface area contributed by atoms with Gasteiger partial charge in [-0.15, -0.1) is 12.4 Å². The van der Waals surface area contributed by atoms with Crippen LogP contribution in [-0.4, -0.2) is 46.8 Å². The van der Waals surface area contributed by atoms with E-state index in [1.165, 1.54) is 5.56 Å². The lowest BCUT2D eigenvalue weighted by molar-refractivity contribution is 0.0757. The number of carbonyl (C=O) groups is 1. The van der Waals surface area contributed by atoms with Gasteiger partial charge in [-0.05, 0) is 50.3 Å². The Balaban J connectivity index is 0.00000196. The molecule has 4 rings (SSSR count). The minimum atomic E-state index is 0. The van der Waals surface area contributed by atoms with Gasteiger partial charge < -0.3 is 10.2 Å². The Labute approximate surface area is 161 Å². The van der Waals surface area contributed by atoms with E-state index in [1.54, 1.807) is 6.20 Å². The van der Waals surface area contributed by atoms with E-state index >= 15 is 0 Å². The number of nitrogens with zero attached hydrogens (tertiary/aromatic N) is 3. The molecule has 3 heterocycles. The third-order valence-corrected chi connectivity index (χ3v) is 5.82. The smallest absolute Gasteiger partial charge is 0.257 e. The van der Waals surface area contributed by atoms with Crippen molar-refractivity contribution in [3.63, 3.8) is 0 Å². The first-order chi connectivity index (χ1) is 12.2. The Hall–Kier alpha value is -1.85. The van der Waals surface area contributed by atoms with Crippen molar-refractivity contribution in [2.75, 3.05) is 26.2 Å². The van der Waals surface area contributed by atoms with E-state index in [-0.39, 0.29) is 18.3 Å². The number of fused-ring (bicyclic) bond motifs is 1. The van der Waals surface area contributed by atoms with E-state index in [1.807, 2.05) is 34.7 Å². The van der Waals surface area contributed by atoms with E-state index in [4.69, 9.17) is 0 Å². The van der Waals surface area contributed by atoms with Crippen LogP contribution in [0, 0.1) is 18.8 Å². The molecule has 2 aromatic rings. The normalized spacial score (nSPS) is 22.4. The van der Waals surface area contributed by atoms with Crippen LogP contribution >= 0.6 is 12.4 Å². The van der Waals surface area contributed by atoms with Gasteiger partial charge in [0, 0.05) is 18.8 Å². The molecule has 2 fully saturated rings. The number of amides is 1. The minimum Gasteiger partial charge on any atom is -0.339 e. The van der Waals surface area contributed by atoms with Gasteiger partial charge in [-0.25, -0.2) is 0 Å². The van der Waals surface area contributed by atoms with E-state index in [0.29, 0.717) is 6.54 Å². The molecule has 0 unspecified atom stereocenters. The number of hydrogen-bond donors (Lipinski definition) is 1. The lowest BCUT2D eigenvalue weighted by atomic mass is 9.92. The second-order valence-corrected chi connectivity index (χ2v) is 7.33. The third-order valence-electron chi connectivity index (χ3n) is 5.82. The van der Waals surface area contributed by atoms with Crippen LogP contribution < -0.4 is 5.32 Å². The molecule has 1 aromatic carbocycles. The summed E-state index contributed by atoms with van der Waals surface area (Å²) in [6, 6.07) is 10.2. The maximum atomic E-state index is 13.0. The van der Waals surface area contributed by atoms with E-state index in [2.05, 4.69) is 22.5 Å². The van der Waals surface area contributed by atoms with Gasteiger partial charge in [0.2, 0.25) is 0 Å². The van der Waals surface area contributed by atoms with Crippen molar-refractivity contribution in [2.45, 2.75) is 26.3 Å². The number of likely N-dealkylation sites (tertiary alicyclic amines) is 1. The van der Waals surface area contributed by atoms with Crippen LogP contribution in [0.25, 0.3) is 0 Å². The van der Waals surface area contributed by atoms with Crippen molar-refractivity contribution in [2.24, 2.45) is 11.8 Å². The summed E-state index contributed by atoms with van der Waals surface area (Å²) < 4.78 is 1.93. The number of nitrogens with one attached hydrogen (secondary N) is 1. The zero-order valence-corrected chi connectivity index (χ0v) is 16.0. The Morgan fingerprint density at radius 2 is 1.81 bits per heavy atom. The second-order valence-electron chi connectivity index (χ2n) is 7.33. The maximum Gasteiger partial charge on any atom is 0.257 e. The summed E-state index contributed by atoms with van der Waals surface area (Å²) >= 11 is 0. The van der Waals surface area contributed by atoms with Crippen LogP contribution in [0.2, 0.25) is 0 Å². The highest BCUT2D eigenvalue weighted by Crippen LogP contribution is 2.28. The first-order valence-corrected chi connectivity index (χ1v) is 9.28. The Bertz CT molecular complexity index is 732. The van der Waals surface area contributed by atoms with Crippen molar-refractivity contribution >= 4 is 18.3 Å². The van der Waals surface area contributed by atoms with Gasteiger partial charge in [-0.3, -0.25) is 9.48 Å². The number of benzene rings is 1. The van der Waals surface area contributed by atoms with Crippen LogP contribution in [0.5, 0.6) is 0 Å². The van der Waals surface area contributed by atoms with Gasteiger partial charge in [-0.1, -0.05) is 30.3 Å². The van der Waals surface area contributed by atoms with Gasteiger partial charge in [0.1, 0.15) is 0 Å². The monoisotopic (exact) mass is 374 g/mol. The van der Waals surface area contributed by atoms with Crippen molar-refractivity contribution in [1.29, 1.82) is 0 Å². The van der Waals surface area contributed by atoms with Gasteiger partial charge >= 0.3 is 0 Å². The van der Waals surface area contributed by atoms with E-state index < -0.39 is 0 Å². The third kappa shape index (κ3) is 3.79. The standard InChI is InChI=1S/C20H26N4O.ClH/c1-15-19(13-22-24(15)14-16-5-3-2-4-6-16)20(25)23-9-7-17-11-21-12-18(17)8-10-23;/h2-6,13,17-18,21H,7-12,14H2,1H3;1H/t17-,18+;. The summed E-state index contributed by atoms with van der Waals surface area (Å²) in [5.41, 5.74) is 2.91. The molecular formula is C20H27ClN4O. The van der Waals surface area contributed by atoms with Crippen molar-refractivity contribution in [3.8, 4) is 0 Å². The van der Waals surface area contributed by atoms with E-state index in [0.717, 1.165) is 62.1 Å². The molecule has 0 spiro atoms. The average Bonchev–Trinajstić information content (AvgIpc) is 3.17. The molecule has 0 radical (unpaired) electrons. The summed E-state index contributed by atoms with van der Waals surface area (Å²) in [6.45, 7) is 6.66. The molecule has 5 nitrogen and oxygen atoms in total. The molecule has 26 heavy (non-hydrogen) atoms. The van der Waals surface area contributed by atoms with Crippen molar-refractivity contribution in [3.05, 3.63) is 53.3 Å². The molecule has 0 bridgehead atoms. The number of hydrogen-bond acceptors (Lipinski definition) is 3. The maximum absolute atomic E-state index is 13.0. The predicted molar refractivity (Wildman–Crippen MR) is 105 cm³/mol. The molecule has 2 aliphatic heterocycles. The first-order valence-electron chi connectivity index (χ1n) is 9.28. The highest BCUT2D eigenvalue weighted by atomic mass is 35.5. The van der Waals surface area contributed by atoms with Crippen LogP contribution in [0.3, 0.4) is 0 Å². The van der Waals surface area contributed by atoms with Crippen LogP contribution in [0.1, 0.15) is 34.5 Å². The predicted octanol–water partition coefficient (Wildman–Crippen LogP) is 2.73. The fraction of sp³-hybridized carbons (Fsp3) is 0.500. The molecule has 2 atom stereocenters. The summed E-state index contributed by atoms with van der Waals surface area (Å²) in [7, 11) is 0. The Morgan fingerprint density at radius 1 is 1.15 bits per heavy atom. The molecule has 1 amide bonds. The zero-order chi connectivity index (χ0) is 17.2. The Kier molecular flexibility index (Phi) is 5.99. The highest BCUT2D eigenvalue weighted by Gasteiger charge is 2.32. The topological polar surface area (TPSA) is 50.2 Å². The van der Waals surface area contributed by atoms with Gasteiger partial charge in [0.25, 0.3) is 5.91 Å². The first kappa shape index (κ1) is 18.9.